The highest BCUT2D eigenvalue weighted by molar-refractivity contribution is 7.25. The average molecular weight is 693 g/mol. The van der Waals surface area contributed by atoms with E-state index in [4.69, 9.17) is 0 Å². The maximum Gasteiger partial charge on any atom is 0.0561 e. The molecule has 0 saturated heterocycles. The largest absolute Gasteiger partial charge is 0.310 e. The van der Waals surface area contributed by atoms with Crippen LogP contribution in [0.1, 0.15) is 0 Å². The number of hydrogen-bond donors (Lipinski definition) is 0. The van der Waals surface area contributed by atoms with Crippen LogP contribution < -0.4 is 4.90 Å². The van der Waals surface area contributed by atoms with Crippen molar-refractivity contribution in [2.75, 3.05) is 4.90 Å². The number of para-hydroxylation sites is 2. The molecule has 9 aromatic carbocycles. The van der Waals surface area contributed by atoms with Crippen LogP contribution in [0.5, 0.6) is 0 Å². The molecule has 0 aliphatic heterocycles. The molecule has 11 rings (SSSR count). The van der Waals surface area contributed by atoms with Crippen LogP contribution in [0.4, 0.5) is 17.1 Å². The van der Waals surface area contributed by atoms with Gasteiger partial charge in [-0.2, -0.15) is 0 Å². The Bertz CT molecular complexity index is 3170. The Kier molecular flexibility index (Phi) is 6.76. The van der Waals surface area contributed by atoms with Crippen LogP contribution in [-0.2, 0) is 0 Å². The fraction of sp³-hybridized carbons (Fsp3) is 0. The Morgan fingerprint density at radius 1 is 0.358 bits per heavy atom. The predicted molar refractivity (Wildman–Crippen MR) is 229 cm³/mol. The molecule has 0 N–H and O–H groups in total. The van der Waals surface area contributed by atoms with Gasteiger partial charge >= 0.3 is 0 Å². The third-order valence-corrected chi connectivity index (χ3v) is 11.9. The molecular formula is C50H32N2S. The van der Waals surface area contributed by atoms with Crippen LogP contribution in [-0.4, -0.2) is 4.57 Å². The van der Waals surface area contributed by atoms with Crippen LogP contribution in [0, 0.1) is 0 Å². The molecule has 2 nitrogen and oxygen atoms in total. The van der Waals surface area contributed by atoms with Crippen molar-refractivity contribution in [1.29, 1.82) is 0 Å². The summed E-state index contributed by atoms with van der Waals surface area (Å²) in [5.74, 6) is 0. The van der Waals surface area contributed by atoms with Gasteiger partial charge in [-0.05, 0) is 99.4 Å². The van der Waals surface area contributed by atoms with Crippen LogP contribution in [0.25, 0.3) is 80.3 Å². The van der Waals surface area contributed by atoms with Gasteiger partial charge in [-0.3, -0.25) is 0 Å². The van der Waals surface area contributed by atoms with E-state index in [1.165, 1.54) is 74.6 Å². The summed E-state index contributed by atoms with van der Waals surface area (Å²) >= 11 is 1.86. The summed E-state index contributed by atoms with van der Waals surface area (Å²) in [4.78, 5) is 2.42. The summed E-state index contributed by atoms with van der Waals surface area (Å²) in [6.07, 6.45) is 0. The molecule has 0 fully saturated rings. The van der Waals surface area contributed by atoms with Gasteiger partial charge in [0.15, 0.2) is 0 Å². The van der Waals surface area contributed by atoms with E-state index in [1.54, 1.807) is 0 Å². The van der Waals surface area contributed by atoms with Gasteiger partial charge < -0.3 is 9.47 Å². The number of fused-ring (bicyclic) bond motifs is 9. The molecule has 0 unspecified atom stereocenters. The molecule has 0 radical (unpaired) electrons. The molecule has 53 heavy (non-hydrogen) atoms. The van der Waals surface area contributed by atoms with E-state index in [2.05, 4.69) is 204 Å². The zero-order valence-electron chi connectivity index (χ0n) is 28.8. The quantitative estimate of drug-likeness (QED) is 0.163. The highest BCUT2D eigenvalue weighted by Crippen LogP contribution is 2.43. The zero-order chi connectivity index (χ0) is 34.9. The van der Waals surface area contributed by atoms with Crippen LogP contribution in [0.3, 0.4) is 0 Å². The summed E-state index contributed by atoms with van der Waals surface area (Å²) in [6.45, 7) is 0. The third kappa shape index (κ3) is 4.78. The number of nitrogens with zero attached hydrogens (tertiary/aromatic N) is 2. The Balaban J connectivity index is 1.12. The lowest BCUT2D eigenvalue weighted by molar-refractivity contribution is 1.18. The van der Waals surface area contributed by atoms with E-state index in [9.17, 15) is 0 Å². The SMILES string of the molecule is c1ccc(-n2c3ccccc3c3ccc(N(c4ccc(-c5cc6ccccc6c6ccccc56)cc4)c4ccc5c(c4)sc4ccccc45)cc32)cc1. The third-order valence-electron chi connectivity index (χ3n) is 10.8. The fourth-order valence-electron chi connectivity index (χ4n) is 8.34. The second-order valence-corrected chi connectivity index (χ2v) is 14.8. The van der Waals surface area contributed by atoms with Crippen LogP contribution in [0.2, 0.25) is 0 Å². The molecule has 0 aliphatic rings. The molecule has 0 amide bonds. The number of aromatic nitrogens is 1. The van der Waals surface area contributed by atoms with E-state index in [-0.39, 0.29) is 0 Å². The number of hydrogen-bond acceptors (Lipinski definition) is 2. The van der Waals surface area contributed by atoms with Crippen molar-refractivity contribution in [1.82, 2.24) is 4.57 Å². The Hall–Kier alpha value is -6.68. The highest BCUT2D eigenvalue weighted by Gasteiger charge is 2.19. The molecule has 248 valence electrons. The predicted octanol–water partition coefficient (Wildman–Crippen LogP) is 14.6. The molecule has 0 spiro atoms. The first-order valence-corrected chi connectivity index (χ1v) is 18.9. The van der Waals surface area contributed by atoms with Crippen molar-refractivity contribution in [3.05, 3.63) is 194 Å². The molecule has 0 saturated carbocycles. The van der Waals surface area contributed by atoms with Gasteiger partial charge in [0.25, 0.3) is 0 Å². The first kappa shape index (κ1) is 30.0. The molecule has 0 bridgehead atoms. The monoisotopic (exact) mass is 692 g/mol. The van der Waals surface area contributed by atoms with Gasteiger partial charge in [0.1, 0.15) is 0 Å². The number of rotatable bonds is 5. The van der Waals surface area contributed by atoms with Crippen LogP contribution in [0.15, 0.2) is 194 Å². The van der Waals surface area contributed by atoms with Gasteiger partial charge in [-0.15, -0.1) is 11.3 Å². The molecule has 3 heteroatoms. The normalized spacial score (nSPS) is 11.8. The summed E-state index contributed by atoms with van der Waals surface area (Å²) in [6, 6.07) is 71.0. The topological polar surface area (TPSA) is 8.17 Å². The van der Waals surface area contributed by atoms with Gasteiger partial charge in [-0.1, -0.05) is 127 Å². The van der Waals surface area contributed by atoms with Crippen molar-refractivity contribution in [3.8, 4) is 16.8 Å². The van der Waals surface area contributed by atoms with Gasteiger partial charge in [0.2, 0.25) is 0 Å². The Morgan fingerprint density at radius 3 is 1.77 bits per heavy atom. The molecule has 0 aliphatic carbocycles. The van der Waals surface area contributed by atoms with Gasteiger partial charge in [0.05, 0.1) is 11.0 Å². The Morgan fingerprint density at radius 2 is 0.943 bits per heavy atom. The lowest BCUT2D eigenvalue weighted by atomic mass is 9.93. The van der Waals surface area contributed by atoms with Crippen molar-refractivity contribution < 1.29 is 0 Å². The Labute approximate surface area is 311 Å². The lowest BCUT2D eigenvalue weighted by Crippen LogP contribution is -2.10. The second-order valence-electron chi connectivity index (χ2n) is 13.7. The minimum absolute atomic E-state index is 1.11. The molecule has 2 aromatic heterocycles. The number of benzene rings is 9. The summed E-state index contributed by atoms with van der Waals surface area (Å²) < 4.78 is 4.99. The molecular weight excluding hydrogens is 661 g/mol. The highest BCUT2D eigenvalue weighted by atomic mass is 32.1. The molecule has 2 heterocycles. The lowest BCUT2D eigenvalue weighted by Gasteiger charge is -2.26. The summed E-state index contributed by atoms with van der Waals surface area (Å²) in [5.41, 5.74) is 9.35. The number of thiophene rings is 1. The smallest absolute Gasteiger partial charge is 0.0561 e. The maximum absolute atomic E-state index is 2.42. The van der Waals surface area contributed by atoms with Crippen molar-refractivity contribution >= 4 is 91.9 Å². The van der Waals surface area contributed by atoms with E-state index in [1.807, 2.05) is 11.3 Å². The number of anilines is 3. The van der Waals surface area contributed by atoms with Crippen LogP contribution >= 0.6 is 11.3 Å². The van der Waals surface area contributed by atoms with E-state index in [0.717, 1.165) is 22.7 Å². The summed E-state index contributed by atoms with van der Waals surface area (Å²) in [7, 11) is 0. The zero-order valence-corrected chi connectivity index (χ0v) is 29.6. The van der Waals surface area contributed by atoms with E-state index in [0.29, 0.717) is 0 Å². The minimum Gasteiger partial charge on any atom is -0.310 e. The van der Waals surface area contributed by atoms with E-state index < -0.39 is 0 Å². The minimum atomic E-state index is 1.11. The van der Waals surface area contributed by atoms with Crippen molar-refractivity contribution in [2.24, 2.45) is 0 Å². The van der Waals surface area contributed by atoms with Gasteiger partial charge in [0, 0.05) is 53.7 Å². The molecule has 0 atom stereocenters. The summed E-state index contributed by atoms with van der Waals surface area (Å²) in [5, 5.41) is 10.2. The standard InChI is InChI=1S/C50H32N2S/c1-2-13-35(14-3-1)52-47-20-10-8-18-42(47)43-28-26-37(31-48(43)52)51(38-27-29-45-44-19-9-11-21-49(44)53-50(45)32-38)36-24-22-33(23-25-36)46-30-34-12-4-5-15-39(34)40-16-6-7-17-41(40)46/h1-32H. The first-order chi connectivity index (χ1) is 26.3. The maximum atomic E-state index is 2.42. The molecule has 11 aromatic rings. The van der Waals surface area contributed by atoms with E-state index >= 15 is 0 Å². The van der Waals surface area contributed by atoms with Crippen molar-refractivity contribution in [3.63, 3.8) is 0 Å². The van der Waals surface area contributed by atoms with Crippen molar-refractivity contribution in [2.45, 2.75) is 0 Å². The fourth-order valence-corrected chi connectivity index (χ4v) is 9.48. The average Bonchev–Trinajstić information content (AvgIpc) is 3.76. The van der Waals surface area contributed by atoms with Gasteiger partial charge in [-0.25, -0.2) is 0 Å². The second kappa shape index (κ2) is 11.9. The first-order valence-electron chi connectivity index (χ1n) is 18.1.